The van der Waals surface area contributed by atoms with Gasteiger partial charge in [-0.15, -0.1) is 0 Å². The first-order chi connectivity index (χ1) is 8.45. The molecule has 0 bridgehead atoms. The number of pyridine rings is 1. The van der Waals surface area contributed by atoms with Crippen LogP contribution in [0.15, 0.2) is 30.3 Å². The van der Waals surface area contributed by atoms with Gasteiger partial charge in [-0.1, -0.05) is 29.3 Å². The molecule has 1 aromatic heterocycles. The fourth-order valence-corrected chi connectivity index (χ4v) is 2.43. The van der Waals surface area contributed by atoms with E-state index in [1.165, 1.54) is 11.1 Å². The van der Waals surface area contributed by atoms with Crippen molar-refractivity contribution in [1.29, 1.82) is 0 Å². The third-order valence-electron chi connectivity index (χ3n) is 3.07. The first-order valence-corrected chi connectivity index (χ1v) is 6.24. The summed E-state index contributed by atoms with van der Waals surface area (Å²) >= 11 is 0. The minimum atomic E-state index is -0.0796. The zero-order valence-electron chi connectivity index (χ0n) is 11.5. The van der Waals surface area contributed by atoms with Crippen LogP contribution < -0.4 is 5.73 Å². The molecule has 0 fully saturated rings. The van der Waals surface area contributed by atoms with Crippen LogP contribution in [0.1, 0.15) is 39.7 Å². The zero-order chi connectivity index (χ0) is 13.3. The number of aromatic nitrogens is 1. The van der Waals surface area contributed by atoms with Gasteiger partial charge in [0, 0.05) is 11.4 Å². The molecule has 1 unspecified atom stereocenters. The molecule has 2 aromatic rings. The highest BCUT2D eigenvalue weighted by Crippen LogP contribution is 2.22. The number of rotatable bonds is 2. The molecule has 0 amide bonds. The van der Waals surface area contributed by atoms with Gasteiger partial charge in [-0.3, -0.25) is 4.98 Å². The van der Waals surface area contributed by atoms with Crippen LogP contribution in [0.25, 0.3) is 0 Å². The van der Waals surface area contributed by atoms with E-state index in [9.17, 15) is 0 Å². The maximum Gasteiger partial charge on any atom is 0.0553 e. The lowest BCUT2D eigenvalue weighted by Crippen LogP contribution is -2.13. The molecule has 1 atom stereocenters. The molecule has 94 valence electrons. The van der Waals surface area contributed by atoms with Crippen LogP contribution in [0.4, 0.5) is 0 Å². The van der Waals surface area contributed by atoms with Crippen LogP contribution in [0.5, 0.6) is 0 Å². The van der Waals surface area contributed by atoms with Crippen molar-refractivity contribution < 1.29 is 0 Å². The molecule has 2 nitrogen and oxygen atoms in total. The molecule has 1 aromatic carbocycles. The summed E-state index contributed by atoms with van der Waals surface area (Å²) < 4.78 is 0. The number of benzene rings is 1. The van der Waals surface area contributed by atoms with E-state index in [1.807, 2.05) is 13.8 Å². The van der Waals surface area contributed by atoms with Crippen LogP contribution in [-0.2, 0) is 0 Å². The normalized spacial score (nSPS) is 12.5. The SMILES string of the molecule is Cc1cc(C)cc(C(N)c2cc(C)nc(C)c2)c1. The molecule has 0 aliphatic carbocycles. The van der Waals surface area contributed by atoms with Gasteiger partial charge < -0.3 is 5.73 Å². The van der Waals surface area contributed by atoms with Gasteiger partial charge in [-0.05, 0) is 51.0 Å². The second kappa shape index (κ2) is 4.91. The van der Waals surface area contributed by atoms with E-state index in [1.54, 1.807) is 0 Å². The van der Waals surface area contributed by atoms with Gasteiger partial charge in [0.2, 0.25) is 0 Å². The number of hydrogen-bond donors (Lipinski definition) is 1. The Hall–Kier alpha value is -1.67. The smallest absolute Gasteiger partial charge is 0.0553 e. The Morgan fingerprint density at radius 2 is 1.22 bits per heavy atom. The van der Waals surface area contributed by atoms with Crippen molar-refractivity contribution in [1.82, 2.24) is 4.98 Å². The van der Waals surface area contributed by atoms with Crippen molar-refractivity contribution >= 4 is 0 Å². The summed E-state index contributed by atoms with van der Waals surface area (Å²) in [6.07, 6.45) is 0. The molecule has 0 aliphatic heterocycles. The van der Waals surface area contributed by atoms with E-state index in [0.717, 1.165) is 22.5 Å². The zero-order valence-corrected chi connectivity index (χ0v) is 11.5. The van der Waals surface area contributed by atoms with Crippen LogP contribution in [0, 0.1) is 27.7 Å². The van der Waals surface area contributed by atoms with Crippen molar-refractivity contribution in [3.05, 3.63) is 64.0 Å². The monoisotopic (exact) mass is 240 g/mol. The lowest BCUT2D eigenvalue weighted by Gasteiger charge is -2.15. The molecular formula is C16H20N2. The average molecular weight is 240 g/mol. The first kappa shape index (κ1) is 12.8. The van der Waals surface area contributed by atoms with E-state index in [4.69, 9.17) is 5.73 Å². The van der Waals surface area contributed by atoms with Crippen LogP contribution in [-0.4, -0.2) is 4.98 Å². The largest absolute Gasteiger partial charge is 0.320 e. The van der Waals surface area contributed by atoms with Gasteiger partial charge in [0.15, 0.2) is 0 Å². The molecule has 0 saturated carbocycles. The lowest BCUT2D eigenvalue weighted by atomic mass is 9.96. The summed E-state index contributed by atoms with van der Waals surface area (Å²) in [7, 11) is 0. The second-order valence-corrected chi connectivity index (χ2v) is 5.08. The van der Waals surface area contributed by atoms with Crippen LogP contribution in [0.3, 0.4) is 0 Å². The second-order valence-electron chi connectivity index (χ2n) is 5.08. The predicted octanol–water partition coefficient (Wildman–Crippen LogP) is 3.36. The van der Waals surface area contributed by atoms with E-state index in [-0.39, 0.29) is 6.04 Å². The Morgan fingerprint density at radius 1 is 0.778 bits per heavy atom. The van der Waals surface area contributed by atoms with E-state index in [0.29, 0.717) is 0 Å². The third-order valence-corrected chi connectivity index (χ3v) is 3.07. The summed E-state index contributed by atoms with van der Waals surface area (Å²) in [5.41, 5.74) is 13.2. The summed E-state index contributed by atoms with van der Waals surface area (Å²) in [4.78, 5) is 4.39. The molecule has 2 N–H and O–H groups in total. The summed E-state index contributed by atoms with van der Waals surface area (Å²) in [5, 5.41) is 0. The summed E-state index contributed by atoms with van der Waals surface area (Å²) in [5.74, 6) is 0. The Bertz CT molecular complexity index is 481. The van der Waals surface area contributed by atoms with Crippen LogP contribution >= 0.6 is 0 Å². The van der Waals surface area contributed by atoms with Gasteiger partial charge in [0.25, 0.3) is 0 Å². The summed E-state index contributed by atoms with van der Waals surface area (Å²) in [6, 6.07) is 10.5. The Labute approximate surface area is 109 Å². The quantitative estimate of drug-likeness (QED) is 0.874. The highest BCUT2D eigenvalue weighted by molar-refractivity contribution is 5.37. The minimum absolute atomic E-state index is 0.0796. The fraction of sp³-hybridized carbons (Fsp3) is 0.312. The summed E-state index contributed by atoms with van der Waals surface area (Å²) in [6.45, 7) is 8.22. The van der Waals surface area contributed by atoms with E-state index in [2.05, 4.69) is 49.2 Å². The molecule has 2 heteroatoms. The number of nitrogens with two attached hydrogens (primary N) is 1. The van der Waals surface area contributed by atoms with Gasteiger partial charge in [0.1, 0.15) is 0 Å². The van der Waals surface area contributed by atoms with Crippen molar-refractivity contribution in [3.63, 3.8) is 0 Å². The highest BCUT2D eigenvalue weighted by atomic mass is 14.7. The topological polar surface area (TPSA) is 38.9 Å². The van der Waals surface area contributed by atoms with Gasteiger partial charge in [-0.25, -0.2) is 0 Å². The molecule has 0 spiro atoms. The lowest BCUT2D eigenvalue weighted by molar-refractivity contribution is 0.856. The van der Waals surface area contributed by atoms with E-state index < -0.39 is 0 Å². The molecular weight excluding hydrogens is 220 g/mol. The fourth-order valence-electron chi connectivity index (χ4n) is 2.43. The van der Waals surface area contributed by atoms with Gasteiger partial charge >= 0.3 is 0 Å². The molecule has 0 aliphatic rings. The molecule has 1 heterocycles. The standard InChI is InChI=1S/C16H20N2/c1-10-5-11(2)7-14(6-10)16(17)15-8-12(3)18-13(4)9-15/h5-9,16H,17H2,1-4H3. The third kappa shape index (κ3) is 2.77. The number of hydrogen-bond acceptors (Lipinski definition) is 2. The predicted molar refractivity (Wildman–Crippen MR) is 75.7 cm³/mol. The molecule has 0 saturated heterocycles. The highest BCUT2D eigenvalue weighted by Gasteiger charge is 2.11. The minimum Gasteiger partial charge on any atom is -0.320 e. The molecule has 2 rings (SSSR count). The van der Waals surface area contributed by atoms with Gasteiger partial charge in [-0.2, -0.15) is 0 Å². The Morgan fingerprint density at radius 3 is 1.72 bits per heavy atom. The molecule has 18 heavy (non-hydrogen) atoms. The Kier molecular flexibility index (Phi) is 3.48. The first-order valence-electron chi connectivity index (χ1n) is 6.24. The number of aryl methyl sites for hydroxylation is 4. The van der Waals surface area contributed by atoms with Crippen molar-refractivity contribution in [2.24, 2.45) is 5.73 Å². The van der Waals surface area contributed by atoms with Crippen molar-refractivity contribution in [2.45, 2.75) is 33.7 Å². The average Bonchev–Trinajstić information content (AvgIpc) is 2.25. The van der Waals surface area contributed by atoms with Crippen molar-refractivity contribution in [3.8, 4) is 0 Å². The maximum atomic E-state index is 6.36. The maximum absolute atomic E-state index is 6.36. The Balaban J connectivity index is 2.43. The van der Waals surface area contributed by atoms with Crippen LogP contribution in [0.2, 0.25) is 0 Å². The van der Waals surface area contributed by atoms with Gasteiger partial charge in [0.05, 0.1) is 6.04 Å². The van der Waals surface area contributed by atoms with E-state index >= 15 is 0 Å². The molecule has 0 radical (unpaired) electrons. The van der Waals surface area contributed by atoms with Crippen molar-refractivity contribution in [2.75, 3.05) is 0 Å². The number of nitrogens with zero attached hydrogens (tertiary/aromatic N) is 1.